The van der Waals surface area contributed by atoms with Crippen LogP contribution in [0.15, 0.2) is 29.2 Å². The maximum atomic E-state index is 13.5. The van der Waals surface area contributed by atoms with E-state index in [1.807, 2.05) is 0 Å². The van der Waals surface area contributed by atoms with Gasteiger partial charge in [0.25, 0.3) is 0 Å². The van der Waals surface area contributed by atoms with Crippen molar-refractivity contribution in [3.8, 4) is 0 Å². The topological polar surface area (TPSA) is 72.2 Å². The first-order chi connectivity index (χ1) is 8.99. The third kappa shape index (κ3) is 3.75. The zero-order valence-corrected chi connectivity index (χ0v) is 11.5. The lowest BCUT2D eigenvalue weighted by Crippen LogP contribution is -2.34. The van der Waals surface area contributed by atoms with E-state index in [0.29, 0.717) is 12.5 Å². The first-order valence-electron chi connectivity index (χ1n) is 6.49. The second kappa shape index (κ2) is 5.98. The van der Waals surface area contributed by atoms with Crippen LogP contribution in [0.3, 0.4) is 0 Å². The van der Waals surface area contributed by atoms with Gasteiger partial charge >= 0.3 is 0 Å². The van der Waals surface area contributed by atoms with Crippen LogP contribution in [-0.2, 0) is 10.0 Å². The minimum Gasteiger partial charge on any atom is -0.328 e. The van der Waals surface area contributed by atoms with Crippen molar-refractivity contribution in [2.24, 2.45) is 11.7 Å². The van der Waals surface area contributed by atoms with Gasteiger partial charge in [-0.2, -0.15) is 0 Å². The molecule has 4 nitrogen and oxygen atoms in total. The van der Waals surface area contributed by atoms with Gasteiger partial charge < -0.3 is 5.73 Å². The van der Waals surface area contributed by atoms with Gasteiger partial charge in [-0.15, -0.1) is 0 Å². The van der Waals surface area contributed by atoms with E-state index in [9.17, 15) is 12.8 Å². The molecule has 1 aliphatic carbocycles. The summed E-state index contributed by atoms with van der Waals surface area (Å²) in [4.78, 5) is -0.289. The molecule has 1 aliphatic rings. The van der Waals surface area contributed by atoms with Crippen molar-refractivity contribution < 1.29 is 12.8 Å². The summed E-state index contributed by atoms with van der Waals surface area (Å²) in [7, 11) is -3.76. The number of hydrogen-bond donors (Lipinski definition) is 2. The Morgan fingerprint density at radius 3 is 2.47 bits per heavy atom. The maximum Gasteiger partial charge on any atom is 0.243 e. The van der Waals surface area contributed by atoms with E-state index in [1.54, 1.807) is 0 Å². The second-order valence-electron chi connectivity index (χ2n) is 5.06. The summed E-state index contributed by atoms with van der Waals surface area (Å²) in [6.45, 7) is 0.351. The fraction of sp³-hybridized carbons (Fsp3) is 0.538. The molecular weight excluding hydrogens is 267 g/mol. The minimum atomic E-state index is -3.76. The number of benzene rings is 1. The molecule has 106 valence electrons. The first-order valence-corrected chi connectivity index (χ1v) is 7.97. The normalized spacial score (nSPS) is 24.3. The van der Waals surface area contributed by atoms with Crippen LogP contribution in [0.25, 0.3) is 0 Å². The smallest absolute Gasteiger partial charge is 0.243 e. The standard InChI is InChI=1S/C13H19FN2O2S/c14-12-3-1-2-4-13(12)19(17,18)16-9-10-5-7-11(15)8-6-10/h1-4,10-11,16H,5-9,15H2. The molecule has 1 fully saturated rings. The highest BCUT2D eigenvalue weighted by atomic mass is 32.2. The first kappa shape index (κ1) is 14.4. The largest absolute Gasteiger partial charge is 0.328 e. The summed E-state index contributed by atoms with van der Waals surface area (Å²) in [6, 6.07) is 5.64. The van der Waals surface area contributed by atoms with Crippen molar-refractivity contribution in [2.75, 3.05) is 6.54 Å². The van der Waals surface area contributed by atoms with Gasteiger partial charge in [0.05, 0.1) is 0 Å². The molecule has 1 aromatic carbocycles. The third-order valence-corrected chi connectivity index (χ3v) is 5.04. The molecule has 0 radical (unpaired) electrons. The average molecular weight is 286 g/mol. The average Bonchev–Trinajstić information content (AvgIpc) is 2.38. The maximum absolute atomic E-state index is 13.5. The fourth-order valence-corrected chi connectivity index (χ4v) is 3.55. The molecule has 0 amide bonds. The predicted octanol–water partition coefficient (Wildman–Crippen LogP) is 1.62. The molecule has 0 saturated heterocycles. The van der Waals surface area contributed by atoms with E-state index in [2.05, 4.69) is 4.72 Å². The highest BCUT2D eigenvalue weighted by Gasteiger charge is 2.22. The van der Waals surface area contributed by atoms with Gasteiger partial charge in [-0.3, -0.25) is 0 Å². The highest BCUT2D eigenvalue weighted by molar-refractivity contribution is 7.89. The van der Waals surface area contributed by atoms with E-state index >= 15 is 0 Å². The van der Waals surface area contributed by atoms with Crippen molar-refractivity contribution in [3.05, 3.63) is 30.1 Å². The molecule has 0 bridgehead atoms. The quantitative estimate of drug-likeness (QED) is 0.883. The lowest BCUT2D eigenvalue weighted by molar-refractivity contribution is 0.326. The Bertz CT molecular complexity index is 525. The number of nitrogens with one attached hydrogen (secondary N) is 1. The molecule has 0 heterocycles. The second-order valence-corrected chi connectivity index (χ2v) is 6.80. The van der Waals surface area contributed by atoms with E-state index < -0.39 is 15.8 Å². The molecule has 0 aliphatic heterocycles. The molecule has 1 saturated carbocycles. The number of sulfonamides is 1. The molecule has 1 aromatic rings. The summed E-state index contributed by atoms with van der Waals surface area (Å²) in [6.07, 6.45) is 3.68. The number of rotatable bonds is 4. The predicted molar refractivity (Wildman–Crippen MR) is 71.5 cm³/mol. The molecule has 0 atom stereocenters. The molecule has 19 heavy (non-hydrogen) atoms. The zero-order chi connectivity index (χ0) is 13.9. The van der Waals surface area contributed by atoms with Crippen LogP contribution in [0, 0.1) is 11.7 Å². The van der Waals surface area contributed by atoms with Crippen LogP contribution in [0.2, 0.25) is 0 Å². The summed E-state index contributed by atoms with van der Waals surface area (Å²) in [5.41, 5.74) is 5.80. The van der Waals surface area contributed by atoms with Gasteiger partial charge in [0.15, 0.2) is 0 Å². The van der Waals surface area contributed by atoms with Crippen molar-refractivity contribution in [1.82, 2.24) is 4.72 Å². The zero-order valence-electron chi connectivity index (χ0n) is 10.7. The van der Waals surface area contributed by atoms with Crippen molar-refractivity contribution in [1.29, 1.82) is 0 Å². The van der Waals surface area contributed by atoms with Gasteiger partial charge in [0.1, 0.15) is 10.7 Å². The Labute approximate surface area is 113 Å². The lowest BCUT2D eigenvalue weighted by atomic mass is 9.87. The Hall–Kier alpha value is -0.980. The molecule has 0 aromatic heterocycles. The van der Waals surface area contributed by atoms with Crippen LogP contribution >= 0.6 is 0 Å². The monoisotopic (exact) mass is 286 g/mol. The Morgan fingerprint density at radius 2 is 1.84 bits per heavy atom. The molecule has 0 spiro atoms. The number of nitrogens with two attached hydrogens (primary N) is 1. The van der Waals surface area contributed by atoms with Crippen molar-refractivity contribution >= 4 is 10.0 Å². The molecular formula is C13H19FN2O2S. The molecule has 3 N–H and O–H groups in total. The van der Waals surface area contributed by atoms with Gasteiger partial charge in [-0.25, -0.2) is 17.5 Å². The number of halogens is 1. The summed E-state index contributed by atoms with van der Waals surface area (Å²) in [5, 5.41) is 0. The van der Waals surface area contributed by atoms with Crippen LogP contribution in [0.5, 0.6) is 0 Å². The Balaban J connectivity index is 1.97. The van der Waals surface area contributed by atoms with Gasteiger partial charge in [0, 0.05) is 12.6 Å². The summed E-state index contributed by atoms with van der Waals surface area (Å²) in [5.74, 6) is -0.429. The third-order valence-electron chi connectivity index (χ3n) is 3.58. The van der Waals surface area contributed by atoms with E-state index in [4.69, 9.17) is 5.73 Å². The fourth-order valence-electron chi connectivity index (χ4n) is 2.36. The molecule has 2 rings (SSSR count). The van der Waals surface area contributed by atoms with Crippen LogP contribution < -0.4 is 10.5 Å². The highest BCUT2D eigenvalue weighted by Crippen LogP contribution is 2.23. The van der Waals surface area contributed by atoms with Crippen LogP contribution in [0.1, 0.15) is 25.7 Å². The summed E-state index contributed by atoms with van der Waals surface area (Å²) < 4.78 is 39.9. The van der Waals surface area contributed by atoms with Crippen molar-refractivity contribution in [2.45, 2.75) is 36.6 Å². The molecule has 0 unspecified atom stereocenters. The number of hydrogen-bond acceptors (Lipinski definition) is 3. The van der Waals surface area contributed by atoms with Gasteiger partial charge in [-0.1, -0.05) is 12.1 Å². The van der Waals surface area contributed by atoms with Crippen LogP contribution in [-0.4, -0.2) is 21.0 Å². The molecule has 6 heteroatoms. The van der Waals surface area contributed by atoms with E-state index in [1.165, 1.54) is 18.2 Å². The van der Waals surface area contributed by atoms with Gasteiger partial charge in [-0.05, 0) is 43.7 Å². The van der Waals surface area contributed by atoms with E-state index in [0.717, 1.165) is 31.7 Å². The summed E-state index contributed by atoms with van der Waals surface area (Å²) >= 11 is 0. The van der Waals surface area contributed by atoms with E-state index in [-0.39, 0.29) is 10.9 Å². The SMILES string of the molecule is NC1CCC(CNS(=O)(=O)c2ccccc2F)CC1. The van der Waals surface area contributed by atoms with Gasteiger partial charge in [0.2, 0.25) is 10.0 Å². The Morgan fingerprint density at radius 1 is 1.21 bits per heavy atom. The van der Waals surface area contributed by atoms with Crippen LogP contribution in [0.4, 0.5) is 4.39 Å². The van der Waals surface area contributed by atoms with Crippen molar-refractivity contribution in [3.63, 3.8) is 0 Å². The lowest BCUT2D eigenvalue weighted by Gasteiger charge is -2.26. The minimum absolute atomic E-state index is 0.236. The Kier molecular flexibility index (Phi) is 4.54.